The van der Waals surface area contributed by atoms with Crippen LogP contribution in [0.1, 0.15) is 23.6 Å². The number of aromatic nitrogens is 1. The van der Waals surface area contributed by atoms with Crippen molar-refractivity contribution in [3.8, 4) is 0 Å². The topological polar surface area (TPSA) is 74.0 Å². The summed E-state index contributed by atoms with van der Waals surface area (Å²) in [5.41, 5.74) is 0.301. The number of halogens is 3. The molecule has 1 aromatic heterocycles. The molecule has 0 aliphatic heterocycles. The van der Waals surface area contributed by atoms with Gasteiger partial charge < -0.3 is 15.6 Å². The molecule has 8 heteroatoms. The van der Waals surface area contributed by atoms with Gasteiger partial charge in [0.1, 0.15) is 0 Å². The third-order valence-corrected chi connectivity index (χ3v) is 4.21. The molecule has 3 N–H and O–H groups in total. The Morgan fingerprint density at radius 3 is 2.57 bits per heavy atom. The van der Waals surface area contributed by atoms with Gasteiger partial charge in [-0.2, -0.15) is 13.2 Å². The Kier molecular flexibility index (Phi) is 5.39. The van der Waals surface area contributed by atoms with Crippen molar-refractivity contribution < 1.29 is 18.0 Å². The predicted octanol–water partition coefficient (Wildman–Crippen LogP) is 4.28. The quantitative estimate of drug-likeness (QED) is 0.623. The van der Waals surface area contributed by atoms with Crippen LogP contribution >= 0.6 is 0 Å². The lowest BCUT2D eigenvalue weighted by atomic mass is 9.99. The van der Waals surface area contributed by atoms with Gasteiger partial charge in [-0.1, -0.05) is 24.3 Å². The number of aromatic amines is 1. The Hall–Kier alpha value is -3.29. The highest BCUT2D eigenvalue weighted by atomic mass is 19.4. The van der Waals surface area contributed by atoms with Crippen molar-refractivity contribution in [2.75, 3.05) is 11.9 Å². The minimum absolute atomic E-state index is 0.0706. The predicted molar refractivity (Wildman–Crippen MR) is 102 cm³/mol. The number of hydrogen-bond donors (Lipinski definition) is 3. The van der Waals surface area contributed by atoms with Gasteiger partial charge >= 0.3 is 12.2 Å². The number of amides is 2. The first-order chi connectivity index (χ1) is 13.3. The molecule has 146 valence electrons. The van der Waals surface area contributed by atoms with Gasteiger partial charge in [0, 0.05) is 29.2 Å². The molecule has 5 nitrogen and oxygen atoms in total. The van der Waals surface area contributed by atoms with Crippen LogP contribution in [0.4, 0.5) is 23.7 Å². The largest absolute Gasteiger partial charge is 0.417 e. The number of hydrogen-bond acceptors (Lipinski definition) is 2. The van der Waals surface area contributed by atoms with Gasteiger partial charge in [-0.05, 0) is 42.7 Å². The number of carbonyl (C=O) groups is 1. The van der Waals surface area contributed by atoms with E-state index >= 15 is 0 Å². The Balaban J connectivity index is 1.99. The van der Waals surface area contributed by atoms with Crippen LogP contribution < -0.4 is 16.2 Å². The molecule has 3 aromatic rings. The van der Waals surface area contributed by atoms with Crippen LogP contribution in [0.3, 0.4) is 0 Å². The fraction of sp³-hybridized carbons (Fsp3) is 0.200. The molecular weight excluding hydrogens is 371 g/mol. The van der Waals surface area contributed by atoms with E-state index in [1.54, 1.807) is 37.3 Å². The molecule has 0 aliphatic rings. The highest BCUT2D eigenvalue weighted by Gasteiger charge is 2.33. The Bertz CT molecular complexity index is 1070. The van der Waals surface area contributed by atoms with Crippen molar-refractivity contribution in [2.45, 2.75) is 19.5 Å². The highest BCUT2D eigenvalue weighted by molar-refractivity contribution is 5.90. The molecular formula is C20H18F3N3O2. The van der Waals surface area contributed by atoms with E-state index < -0.39 is 17.3 Å². The van der Waals surface area contributed by atoms with E-state index in [1.165, 1.54) is 12.1 Å². The molecule has 0 radical (unpaired) electrons. The summed E-state index contributed by atoms with van der Waals surface area (Å²) in [5.74, 6) is 0. The first kappa shape index (κ1) is 19.5. The van der Waals surface area contributed by atoms with Crippen LogP contribution in [0.15, 0.2) is 53.3 Å². The molecule has 1 heterocycles. The van der Waals surface area contributed by atoms with Crippen molar-refractivity contribution in [2.24, 2.45) is 0 Å². The van der Waals surface area contributed by atoms with Crippen LogP contribution in [0, 0.1) is 0 Å². The molecule has 2 amide bonds. The molecule has 0 saturated heterocycles. The minimum Gasteiger partial charge on any atom is -0.338 e. The Labute approximate surface area is 158 Å². The normalized spacial score (nSPS) is 11.4. The minimum atomic E-state index is -4.64. The van der Waals surface area contributed by atoms with E-state index in [1.807, 2.05) is 0 Å². The summed E-state index contributed by atoms with van der Waals surface area (Å²) in [6.07, 6.45) is -4.32. The fourth-order valence-electron chi connectivity index (χ4n) is 2.99. The summed E-state index contributed by atoms with van der Waals surface area (Å²) in [4.78, 5) is 25.7. The second-order valence-electron chi connectivity index (χ2n) is 6.24. The summed E-state index contributed by atoms with van der Waals surface area (Å²) in [5, 5.41) is 5.29. The van der Waals surface area contributed by atoms with Crippen LogP contribution in [-0.2, 0) is 12.6 Å². The lowest BCUT2D eigenvalue weighted by Gasteiger charge is -2.13. The zero-order chi connectivity index (χ0) is 20.3. The zero-order valence-corrected chi connectivity index (χ0v) is 15.0. The summed E-state index contributed by atoms with van der Waals surface area (Å²) < 4.78 is 40.0. The smallest absolute Gasteiger partial charge is 0.338 e. The van der Waals surface area contributed by atoms with E-state index in [-0.39, 0.29) is 16.9 Å². The standard InChI is InChI=1S/C20H18F3N3O2/c1-2-24-19(28)26-16-6-4-3-5-13(16)9-12-7-8-17-14(10-12)15(20(21,22)23)11-18(27)25-17/h3-8,10-11H,2,9H2,1H3,(H,25,27)(H2,24,26,28). The lowest BCUT2D eigenvalue weighted by Crippen LogP contribution is -2.28. The molecule has 2 aromatic carbocycles. The number of urea groups is 1. The van der Waals surface area contributed by atoms with Crippen molar-refractivity contribution in [1.29, 1.82) is 0 Å². The summed E-state index contributed by atoms with van der Waals surface area (Å²) in [6, 6.07) is 11.8. The van der Waals surface area contributed by atoms with Crippen molar-refractivity contribution in [3.63, 3.8) is 0 Å². The number of benzene rings is 2. The van der Waals surface area contributed by atoms with Gasteiger partial charge in [0.15, 0.2) is 0 Å². The van der Waals surface area contributed by atoms with E-state index in [9.17, 15) is 22.8 Å². The van der Waals surface area contributed by atoms with E-state index in [0.29, 0.717) is 30.3 Å². The van der Waals surface area contributed by atoms with Gasteiger partial charge in [0.05, 0.1) is 5.56 Å². The maximum atomic E-state index is 13.3. The SMILES string of the molecule is CCNC(=O)Nc1ccccc1Cc1ccc2[nH]c(=O)cc(C(F)(F)F)c2c1. The van der Waals surface area contributed by atoms with Crippen LogP contribution in [0.5, 0.6) is 0 Å². The maximum Gasteiger partial charge on any atom is 0.417 e. The average Bonchev–Trinajstić information content (AvgIpc) is 2.62. The number of anilines is 1. The van der Waals surface area contributed by atoms with Gasteiger partial charge in [-0.25, -0.2) is 4.79 Å². The number of pyridine rings is 1. The summed E-state index contributed by atoms with van der Waals surface area (Å²) >= 11 is 0. The van der Waals surface area contributed by atoms with Crippen LogP contribution in [-0.4, -0.2) is 17.6 Å². The van der Waals surface area contributed by atoms with Crippen LogP contribution in [0.2, 0.25) is 0 Å². The second kappa shape index (κ2) is 7.75. The third kappa shape index (κ3) is 4.33. The molecule has 0 unspecified atom stereocenters. The number of nitrogens with one attached hydrogen (secondary N) is 3. The van der Waals surface area contributed by atoms with Crippen LogP contribution in [0.25, 0.3) is 10.9 Å². The first-order valence-corrected chi connectivity index (χ1v) is 8.64. The van der Waals surface area contributed by atoms with E-state index in [0.717, 1.165) is 5.56 Å². The number of para-hydroxylation sites is 1. The second-order valence-corrected chi connectivity index (χ2v) is 6.24. The molecule has 0 aliphatic carbocycles. The monoisotopic (exact) mass is 389 g/mol. The average molecular weight is 389 g/mol. The number of carbonyl (C=O) groups excluding carboxylic acids is 1. The fourth-order valence-corrected chi connectivity index (χ4v) is 2.99. The molecule has 0 spiro atoms. The molecule has 3 rings (SSSR count). The summed E-state index contributed by atoms with van der Waals surface area (Å²) in [7, 11) is 0. The number of rotatable bonds is 4. The van der Waals surface area contributed by atoms with Crippen molar-refractivity contribution >= 4 is 22.6 Å². The van der Waals surface area contributed by atoms with Gasteiger partial charge in [0.2, 0.25) is 5.56 Å². The van der Waals surface area contributed by atoms with Crippen molar-refractivity contribution in [1.82, 2.24) is 10.3 Å². The maximum absolute atomic E-state index is 13.3. The van der Waals surface area contributed by atoms with Gasteiger partial charge in [-0.3, -0.25) is 4.79 Å². The first-order valence-electron chi connectivity index (χ1n) is 8.64. The molecule has 0 bridgehead atoms. The molecule has 28 heavy (non-hydrogen) atoms. The number of alkyl halides is 3. The molecule has 0 fully saturated rings. The van der Waals surface area contributed by atoms with E-state index in [4.69, 9.17) is 0 Å². The third-order valence-electron chi connectivity index (χ3n) is 4.21. The van der Waals surface area contributed by atoms with Gasteiger partial charge in [-0.15, -0.1) is 0 Å². The Morgan fingerprint density at radius 1 is 1.11 bits per heavy atom. The molecule has 0 atom stereocenters. The van der Waals surface area contributed by atoms with Gasteiger partial charge in [0.25, 0.3) is 0 Å². The number of fused-ring (bicyclic) bond motifs is 1. The lowest BCUT2D eigenvalue weighted by molar-refractivity contribution is -0.136. The number of H-pyrrole nitrogens is 1. The highest BCUT2D eigenvalue weighted by Crippen LogP contribution is 2.34. The molecule has 0 saturated carbocycles. The zero-order valence-electron chi connectivity index (χ0n) is 15.0. The van der Waals surface area contributed by atoms with Crippen molar-refractivity contribution in [3.05, 3.63) is 75.6 Å². The Morgan fingerprint density at radius 2 is 1.86 bits per heavy atom. The van der Waals surface area contributed by atoms with E-state index in [2.05, 4.69) is 15.6 Å². The summed E-state index contributed by atoms with van der Waals surface area (Å²) in [6.45, 7) is 2.26.